The second-order valence-electron chi connectivity index (χ2n) is 7.55. The smallest absolute Gasteiger partial charge is 0.126 e. The summed E-state index contributed by atoms with van der Waals surface area (Å²) in [6, 6.07) is 6.84. The molecule has 2 heteroatoms. The van der Waals surface area contributed by atoms with Gasteiger partial charge in [-0.2, -0.15) is 0 Å². The molecule has 0 bridgehead atoms. The Morgan fingerprint density at radius 1 is 1.22 bits per heavy atom. The van der Waals surface area contributed by atoms with E-state index in [2.05, 4.69) is 62.5 Å². The number of allylic oxidation sites excluding steroid dienone is 2. The third-order valence-electron chi connectivity index (χ3n) is 5.43. The molecule has 3 aliphatic rings. The minimum atomic E-state index is 0.0674. The fourth-order valence-corrected chi connectivity index (χ4v) is 4.69. The monoisotopic (exact) mass is 307 g/mol. The molecule has 0 spiro atoms. The van der Waals surface area contributed by atoms with Crippen molar-refractivity contribution in [2.75, 3.05) is 7.11 Å². The van der Waals surface area contributed by atoms with Crippen LogP contribution in [0.5, 0.6) is 5.75 Å². The van der Waals surface area contributed by atoms with Gasteiger partial charge in [-0.3, -0.25) is 0 Å². The van der Waals surface area contributed by atoms with Crippen molar-refractivity contribution in [3.05, 3.63) is 58.7 Å². The van der Waals surface area contributed by atoms with Crippen LogP contribution in [-0.2, 0) is 6.42 Å². The number of hydrogen-bond donors (Lipinski definition) is 1. The van der Waals surface area contributed by atoms with Gasteiger partial charge in [-0.25, -0.2) is 0 Å². The van der Waals surface area contributed by atoms with Gasteiger partial charge in [-0.15, -0.1) is 0 Å². The Labute approximate surface area is 138 Å². The van der Waals surface area contributed by atoms with Crippen molar-refractivity contribution < 1.29 is 4.74 Å². The molecule has 0 amide bonds. The number of benzene rings is 1. The highest BCUT2D eigenvalue weighted by Gasteiger charge is 2.38. The normalized spacial score (nSPS) is 27.7. The largest absolute Gasteiger partial charge is 0.496 e. The highest BCUT2D eigenvalue weighted by atomic mass is 16.5. The minimum absolute atomic E-state index is 0.0674. The minimum Gasteiger partial charge on any atom is -0.496 e. The molecule has 1 aliphatic heterocycles. The van der Waals surface area contributed by atoms with E-state index in [1.807, 2.05) is 0 Å². The first-order valence-electron chi connectivity index (χ1n) is 8.55. The van der Waals surface area contributed by atoms with Crippen molar-refractivity contribution in [3.63, 3.8) is 0 Å². The maximum absolute atomic E-state index is 5.66. The van der Waals surface area contributed by atoms with E-state index in [1.54, 1.807) is 12.7 Å². The van der Waals surface area contributed by atoms with Gasteiger partial charge >= 0.3 is 0 Å². The van der Waals surface area contributed by atoms with Gasteiger partial charge in [0.1, 0.15) is 5.75 Å². The predicted octanol–water partition coefficient (Wildman–Crippen LogP) is 4.28. The molecule has 2 nitrogen and oxygen atoms in total. The number of aryl methyl sites for hydroxylation is 1. The molecule has 1 N–H and O–H groups in total. The Morgan fingerprint density at radius 2 is 2.04 bits per heavy atom. The number of methoxy groups -OCH3 is 1. The predicted molar refractivity (Wildman–Crippen MR) is 95.6 cm³/mol. The van der Waals surface area contributed by atoms with Gasteiger partial charge < -0.3 is 10.1 Å². The van der Waals surface area contributed by atoms with Crippen molar-refractivity contribution >= 4 is 5.57 Å². The van der Waals surface area contributed by atoms with Gasteiger partial charge in [0.05, 0.1) is 7.11 Å². The molecule has 23 heavy (non-hydrogen) atoms. The summed E-state index contributed by atoms with van der Waals surface area (Å²) in [7, 11) is 1.77. The number of ether oxygens (including phenoxy) is 1. The lowest BCUT2D eigenvalue weighted by Gasteiger charge is -2.44. The fraction of sp³-hybridized carbons (Fsp3) is 0.429. The number of fused-ring (bicyclic) bond motifs is 4. The number of hydrogen-bond acceptors (Lipinski definition) is 2. The van der Waals surface area contributed by atoms with Crippen LogP contribution < -0.4 is 10.1 Å². The van der Waals surface area contributed by atoms with Crippen molar-refractivity contribution in [2.45, 2.75) is 45.2 Å². The highest BCUT2D eigenvalue weighted by Crippen LogP contribution is 2.46. The van der Waals surface area contributed by atoms with Crippen molar-refractivity contribution in [1.82, 2.24) is 5.32 Å². The molecule has 1 aromatic carbocycles. The summed E-state index contributed by atoms with van der Waals surface area (Å²) in [6.07, 6.45) is 9.32. The van der Waals surface area contributed by atoms with E-state index in [9.17, 15) is 0 Å². The summed E-state index contributed by atoms with van der Waals surface area (Å²) in [5.74, 6) is 1.49. The lowest BCUT2D eigenvalue weighted by atomic mass is 9.69. The lowest BCUT2D eigenvalue weighted by molar-refractivity contribution is 0.354. The van der Waals surface area contributed by atoms with Crippen molar-refractivity contribution in [3.8, 4) is 5.75 Å². The van der Waals surface area contributed by atoms with Gasteiger partial charge in [-0.1, -0.05) is 41.5 Å². The molecule has 0 fully saturated rings. The van der Waals surface area contributed by atoms with Gasteiger partial charge in [-0.05, 0) is 50.8 Å². The van der Waals surface area contributed by atoms with Gasteiger partial charge in [0.25, 0.3) is 0 Å². The van der Waals surface area contributed by atoms with Crippen LogP contribution in [0, 0.1) is 5.92 Å². The maximum Gasteiger partial charge on any atom is 0.126 e. The third-order valence-corrected chi connectivity index (χ3v) is 5.43. The van der Waals surface area contributed by atoms with E-state index in [-0.39, 0.29) is 5.54 Å². The van der Waals surface area contributed by atoms with Crippen LogP contribution >= 0.6 is 0 Å². The Hall–Kier alpha value is -1.80. The third kappa shape index (κ3) is 2.28. The van der Waals surface area contributed by atoms with E-state index in [4.69, 9.17) is 4.74 Å². The molecule has 2 unspecified atom stereocenters. The Kier molecular flexibility index (Phi) is 3.28. The number of nitrogens with one attached hydrogen (secondary N) is 1. The van der Waals surface area contributed by atoms with E-state index in [0.29, 0.717) is 12.0 Å². The Balaban J connectivity index is 1.87. The van der Waals surface area contributed by atoms with Gasteiger partial charge in [0.2, 0.25) is 0 Å². The molecule has 1 aromatic rings. The molecule has 4 rings (SSSR count). The first-order valence-corrected chi connectivity index (χ1v) is 8.55. The van der Waals surface area contributed by atoms with Crippen molar-refractivity contribution in [2.24, 2.45) is 5.92 Å². The summed E-state index contributed by atoms with van der Waals surface area (Å²) < 4.78 is 5.66. The van der Waals surface area contributed by atoms with Crippen LogP contribution in [-0.4, -0.2) is 18.7 Å². The average molecular weight is 307 g/mol. The summed E-state index contributed by atoms with van der Waals surface area (Å²) in [4.78, 5) is 0. The quantitative estimate of drug-likeness (QED) is 0.782. The van der Waals surface area contributed by atoms with Crippen LogP contribution in [0.25, 0.3) is 5.57 Å². The van der Waals surface area contributed by atoms with E-state index in [0.717, 1.165) is 18.6 Å². The Bertz CT molecular complexity index is 751. The van der Waals surface area contributed by atoms with Crippen LogP contribution in [0.15, 0.2) is 47.6 Å². The zero-order chi connectivity index (χ0) is 16.2. The summed E-state index contributed by atoms with van der Waals surface area (Å²) in [5.41, 5.74) is 7.25. The van der Waals surface area contributed by atoms with Crippen LogP contribution in [0.2, 0.25) is 0 Å². The molecule has 2 atom stereocenters. The highest BCUT2D eigenvalue weighted by molar-refractivity contribution is 5.85. The molecule has 0 radical (unpaired) electrons. The maximum atomic E-state index is 5.66. The van der Waals surface area contributed by atoms with Crippen LogP contribution in [0.3, 0.4) is 0 Å². The number of rotatable bonds is 1. The van der Waals surface area contributed by atoms with Gasteiger partial charge in [0.15, 0.2) is 0 Å². The van der Waals surface area contributed by atoms with Gasteiger partial charge in [0, 0.05) is 23.1 Å². The molecular weight excluding hydrogens is 282 g/mol. The first-order chi connectivity index (χ1) is 11.0. The zero-order valence-electron chi connectivity index (χ0n) is 14.4. The summed E-state index contributed by atoms with van der Waals surface area (Å²) in [5, 5.41) is 3.78. The molecule has 1 heterocycles. The van der Waals surface area contributed by atoms with Crippen molar-refractivity contribution in [1.29, 1.82) is 0 Å². The molecular formula is C21H25NO. The summed E-state index contributed by atoms with van der Waals surface area (Å²) in [6.45, 7) is 6.80. The van der Waals surface area contributed by atoms with E-state index >= 15 is 0 Å². The van der Waals surface area contributed by atoms with E-state index < -0.39 is 0 Å². The standard InChI is InChI=1S/C21H25NO/c1-13-12-21(2,3)22-17-11-10-16-15(19(13)17)9-8-14-6-5-7-18(23-4)20(14)16/h5-7,10-12,17,19,22H,8-9H2,1-4H3. The molecule has 0 aromatic heterocycles. The van der Waals surface area contributed by atoms with Crippen LogP contribution in [0.4, 0.5) is 0 Å². The topological polar surface area (TPSA) is 21.3 Å². The molecule has 2 aliphatic carbocycles. The average Bonchev–Trinajstić information content (AvgIpc) is 2.51. The first kappa shape index (κ1) is 14.8. The SMILES string of the molecule is COc1cccc2c1C1=C(CC2)C2C(C)=CC(C)(C)NC2C=C1. The molecule has 0 saturated carbocycles. The van der Waals surface area contributed by atoms with E-state index in [1.165, 1.54) is 22.3 Å². The fourth-order valence-electron chi connectivity index (χ4n) is 4.69. The second kappa shape index (κ2) is 5.10. The summed E-state index contributed by atoms with van der Waals surface area (Å²) >= 11 is 0. The Morgan fingerprint density at radius 3 is 2.83 bits per heavy atom. The van der Waals surface area contributed by atoms with Crippen LogP contribution in [0.1, 0.15) is 38.3 Å². The molecule has 120 valence electrons. The zero-order valence-corrected chi connectivity index (χ0v) is 14.4. The second-order valence-corrected chi connectivity index (χ2v) is 7.55. The molecule has 0 saturated heterocycles. The lowest BCUT2D eigenvalue weighted by Crippen LogP contribution is -2.52.